The van der Waals surface area contributed by atoms with Gasteiger partial charge < -0.3 is 5.73 Å². The van der Waals surface area contributed by atoms with Gasteiger partial charge in [0.2, 0.25) is 0 Å². The highest BCUT2D eigenvalue weighted by molar-refractivity contribution is 6.30. The lowest BCUT2D eigenvalue weighted by atomic mass is 9.97. The smallest absolute Gasteiger partial charge is 0.0408 e. The van der Waals surface area contributed by atoms with E-state index >= 15 is 0 Å². The highest BCUT2D eigenvalue weighted by atomic mass is 35.5. The Balaban J connectivity index is 1.58. The Morgan fingerprint density at radius 2 is 1.77 bits per heavy atom. The predicted molar refractivity (Wildman–Crippen MR) is 93.4 cm³/mol. The van der Waals surface area contributed by atoms with Crippen LogP contribution in [0.3, 0.4) is 0 Å². The average molecular weight is 308 g/mol. The Hall–Kier alpha value is -1.83. The predicted octanol–water partition coefficient (Wildman–Crippen LogP) is 4.92. The zero-order chi connectivity index (χ0) is 15.2. The van der Waals surface area contributed by atoms with Gasteiger partial charge in [-0.3, -0.25) is 0 Å². The van der Waals surface area contributed by atoms with Gasteiger partial charge in [0.05, 0.1) is 0 Å². The molecule has 0 aromatic heterocycles. The third-order valence-electron chi connectivity index (χ3n) is 4.72. The van der Waals surface area contributed by atoms with Gasteiger partial charge in [0, 0.05) is 16.5 Å². The summed E-state index contributed by atoms with van der Waals surface area (Å²) < 4.78 is 0. The van der Waals surface area contributed by atoms with Crippen LogP contribution >= 0.6 is 11.6 Å². The zero-order valence-electron chi connectivity index (χ0n) is 12.3. The van der Waals surface area contributed by atoms with Gasteiger partial charge in [0.1, 0.15) is 0 Å². The first kappa shape index (κ1) is 13.8. The number of nitrogens with two attached hydrogens (primary N) is 1. The fourth-order valence-electron chi connectivity index (χ4n) is 3.42. The minimum Gasteiger partial charge on any atom is -0.324 e. The van der Waals surface area contributed by atoms with Crippen molar-refractivity contribution in [1.29, 1.82) is 0 Å². The third kappa shape index (κ3) is 2.51. The molecule has 0 unspecified atom stereocenters. The number of fused-ring (bicyclic) bond motifs is 1. The van der Waals surface area contributed by atoms with Gasteiger partial charge in [0.15, 0.2) is 0 Å². The van der Waals surface area contributed by atoms with E-state index in [4.69, 9.17) is 17.3 Å². The second-order valence-electron chi connectivity index (χ2n) is 6.40. The summed E-state index contributed by atoms with van der Waals surface area (Å²) in [4.78, 5) is 0. The van der Waals surface area contributed by atoms with Crippen LogP contribution in [-0.2, 0) is 6.42 Å². The van der Waals surface area contributed by atoms with Crippen LogP contribution < -0.4 is 5.73 Å². The maximum Gasteiger partial charge on any atom is 0.0408 e. The Kier molecular flexibility index (Phi) is 3.21. The van der Waals surface area contributed by atoms with Crippen molar-refractivity contribution in [2.24, 2.45) is 5.73 Å². The van der Waals surface area contributed by atoms with E-state index < -0.39 is 0 Å². The van der Waals surface area contributed by atoms with Crippen LogP contribution in [0.25, 0.3) is 10.8 Å². The topological polar surface area (TPSA) is 26.0 Å². The normalized spacial score (nSPS) is 23.6. The Morgan fingerprint density at radius 1 is 0.955 bits per heavy atom. The van der Waals surface area contributed by atoms with Crippen molar-refractivity contribution in [3.8, 4) is 0 Å². The molecule has 0 aliphatic heterocycles. The SMILES string of the molecule is N[C@]1(Cc2ccc3ccccc3c2)C[C@H]1c1cccc(Cl)c1. The summed E-state index contributed by atoms with van der Waals surface area (Å²) >= 11 is 6.09. The monoisotopic (exact) mass is 307 g/mol. The number of hydrogen-bond acceptors (Lipinski definition) is 1. The van der Waals surface area contributed by atoms with Gasteiger partial charge in [-0.25, -0.2) is 0 Å². The molecule has 0 saturated heterocycles. The van der Waals surface area contributed by atoms with Crippen LogP contribution in [-0.4, -0.2) is 5.54 Å². The minimum absolute atomic E-state index is 0.132. The molecule has 4 rings (SSSR count). The van der Waals surface area contributed by atoms with Crippen molar-refractivity contribution in [1.82, 2.24) is 0 Å². The van der Waals surface area contributed by atoms with Crippen LogP contribution in [0.5, 0.6) is 0 Å². The van der Waals surface area contributed by atoms with Gasteiger partial charge in [-0.05, 0) is 46.9 Å². The van der Waals surface area contributed by atoms with Crippen LogP contribution in [0.1, 0.15) is 23.5 Å². The zero-order valence-corrected chi connectivity index (χ0v) is 13.1. The molecular formula is C20H18ClN. The van der Waals surface area contributed by atoms with Gasteiger partial charge in [-0.1, -0.05) is 66.2 Å². The summed E-state index contributed by atoms with van der Waals surface area (Å²) in [5.74, 6) is 0.415. The molecule has 0 spiro atoms. The summed E-state index contributed by atoms with van der Waals surface area (Å²) in [5, 5.41) is 3.35. The van der Waals surface area contributed by atoms with Crippen LogP contribution in [0.15, 0.2) is 66.7 Å². The van der Waals surface area contributed by atoms with E-state index in [2.05, 4.69) is 48.5 Å². The van der Waals surface area contributed by atoms with Crippen LogP contribution in [0.4, 0.5) is 0 Å². The van der Waals surface area contributed by atoms with E-state index in [1.807, 2.05) is 18.2 Å². The van der Waals surface area contributed by atoms with Crippen molar-refractivity contribution in [3.05, 3.63) is 82.9 Å². The molecule has 0 heterocycles. The molecule has 3 aromatic rings. The summed E-state index contributed by atoms with van der Waals surface area (Å²) in [6.45, 7) is 0. The number of rotatable bonds is 3. The number of halogens is 1. The standard InChI is InChI=1S/C20H18ClN/c21-18-7-3-6-17(11-18)19-13-20(19,22)12-14-8-9-15-4-1-2-5-16(15)10-14/h1-11,19H,12-13,22H2/t19-,20+/m0/s1. The molecule has 1 nitrogen and oxygen atoms in total. The van der Waals surface area contributed by atoms with Crippen molar-refractivity contribution >= 4 is 22.4 Å². The summed E-state index contributed by atoms with van der Waals surface area (Å²) in [5.41, 5.74) is 9.04. The fourth-order valence-corrected chi connectivity index (χ4v) is 3.62. The Bertz CT molecular complexity index is 842. The first-order valence-corrected chi connectivity index (χ1v) is 8.04. The molecule has 0 amide bonds. The maximum atomic E-state index is 6.61. The second kappa shape index (κ2) is 5.12. The van der Waals surface area contributed by atoms with E-state index in [1.165, 1.54) is 21.9 Å². The highest BCUT2D eigenvalue weighted by Gasteiger charge is 2.51. The molecule has 0 bridgehead atoms. The Morgan fingerprint density at radius 3 is 2.59 bits per heavy atom. The third-order valence-corrected chi connectivity index (χ3v) is 4.95. The minimum atomic E-state index is -0.132. The molecule has 22 heavy (non-hydrogen) atoms. The molecule has 1 aliphatic rings. The summed E-state index contributed by atoms with van der Waals surface area (Å²) in [6.07, 6.45) is 1.94. The van der Waals surface area contributed by atoms with Gasteiger partial charge in [-0.2, -0.15) is 0 Å². The molecule has 2 atom stereocenters. The van der Waals surface area contributed by atoms with Crippen molar-refractivity contribution < 1.29 is 0 Å². The van der Waals surface area contributed by atoms with E-state index in [-0.39, 0.29) is 5.54 Å². The highest BCUT2D eigenvalue weighted by Crippen LogP contribution is 2.51. The molecule has 1 saturated carbocycles. The average Bonchev–Trinajstić information content (AvgIpc) is 3.18. The summed E-state index contributed by atoms with van der Waals surface area (Å²) in [7, 11) is 0. The maximum absolute atomic E-state index is 6.61. The quantitative estimate of drug-likeness (QED) is 0.730. The van der Waals surface area contributed by atoms with Crippen molar-refractivity contribution in [2.75, 3.05) is 0 Å². The molecule has 1 aliphatic carbocycles. The van der Waals surface area contributed by atoms with E-state index in [0.717, 1.165) is 17.9 Å². The Labute approximate surface area is 135 Å². The first-order valence-electron chi connectivity index (χ1n) is 7.66. The van der Waals surface area contributed by atoms with Gasteiger partial charge in [0.25, 0.3) is 0 Å². The lowest BCUT2D eigenvalue weighted by Gasteiger charge is -2.13. The van der Waals surface area contributed by atoms with Crippen LogP contribution in [0, 0.1) is 0 Å². The molecule has 2 N–H and O–H groups in total. The largest absolute Gasteiger partial charge is 0.324 e. The van der Waals surface area contributed by atoms with Gasteiger partial charge >= 0.3 is 0 Å². The second-order valence-corrected chi connectivity index (χ2v) is 6.84. The first-order chi connectivity index (χ1) is 10.6. The van der Waals surface area contributed by atoms with E-state index in [9.17, 15) is 0 Å². The molecule has 3 aromatic carbocycles. The number of benzene rings is 3. The lowest BCUT2D eigenvalue weighted by Crippen LogP contribution is -2.27. The lowest BCUT2D eigenvalue weighted by molar-refractivity contribution is 0.646. The van der Waals surface area contributed by atoms with Gasteiger partial charge in [-0.15, -0.1) is 0 Å². The molecule has 2 heteroatoms. The summed E-state index contributed by atoms with van der Waals surface area (Å²) in [6, 6.07) is 23.2. The van der Waals surface area contributed by atoms with E-state index in [1.54, 1.807) is 0 Å². The molecule has 0 radical (unpaired) electrons. The van der Waals surface area contributed by atoms with E-state index in [0.29, 0.717) is 5.92 Å². The molecular weight excluding hydrogens is 290 g/mol. The molecule has 1 fully saturated rings. The fraction of sp³-hybridized carbons (Fsp3) is 0.200. The van der Waals surface area contributed by atoms with Crippen molar-refractivity contribution in [3.63, 3.8) is 0 Å². The molecule has 110 valence electrons. The number of hydrogen-bond donors (Lipinski definition) is 1. The van der Waals surface area contributed by atoms with Crippen LogP contribution in [0.2, 0.25) is 5.02 Å². The van der Waals surface area contributed by atoms with Crippen molar-refractivity contribution in [2.45, 2.75) is 24.3 Å².